The lowest BCUT2D eigenvalue weighted by atomic mass is 10.3. The first-order valence-corrected chi connectivity index (χ1v) is 7.07. The summed E-state index contributed by atoms with van der Waals surface area (Å²) in [5, 5.41) is 4.86. The molecule has 86 valence electrons. The number of halogens is 1. The van der Waals surface area contributed by atoms with Gasteiger partial charge in [0.2, 0.25) is 14.2 Å². The second-order valence-electron chi connectivity index (χ2n) is 3.37. The Hall–Kier alpha value is -0.170. The molecule has 2 heterocycles. The Morgan fingerprint density at radius 2 is 2.40 bits per heavy atom. The van der Waals surface area contributed by atoms with Gasteiger partial charge in [0.15, 0.2) is 0 Å². The third-order valence-corrected chi connectivity index (χ3v) is 5.35. The standard InChI is InChI=1S/C8H12N2O2S2.ClH/c11-14(12,8-10-4-5-13-8)6-7-2-1-3-9-7;/h4-5,7,9H,1-3,6H2;1H. The molecular weight excluding hydrogens is 256 g/mol. The summed E-state index contributed by atoms with van der Waals surface area (Å²) in [6.07, 6.45) is 3.54. The van der Waals surface area contributed by atoms with E-state index in [0.29, 0.717) is 0 Å². The van der Waals surface area contributed by atoms with Crippen molar-refractivity contribution in [2.45, 2.75) is 23.2 Å². The summed E-state index contributed by atoms with van der Waals surface area (Å²) in [5.74, 6) is 0.181. The predicted octanol–water partition coefficient (Wildman–Crippen LogP) is 1.09. The summed E-state index contributed by atoms with van der Waals surface area (Å²) < 4.78 is 23.8. The van der Waals surface area contributed by atoms with Gasteiger partial charge in [-0.25, -0.2) is 13.4 Å². The minimum absolute atomic E-state index is 0. The zero-order valence-corrected chi connectivity index (χ0v) is 10.5. The summed E-state index contributed by atoms with van der Waals surface area (Å²) in [7, 11) is -3.16. The third-order valence-electron chi connectivity index (χ3n) is 2.26. The number of nitrogens with one attached hydrogen (secondary N) is 1. The summed E-state index contributed by atoms with van der Waals surface area (Å²) >= 11 is 1.19. The van der Waals surface area contributed by atoms with Crippen molar-refractivity contribution < 1.29 is 8.42 Å². The number of hydrogen-bond acceptors (Lipinski definition) is 5. The van der Waals surface area contributed by atoms with Gasteiger partial charge in [-0.15, -0.1) is 23.7 Å². The fourth-order valence-electron chi connectivity index (χ4n) is 1.60. The van der Waals surface area contributed by atoms with Gasteiger partial charge in [0, 0.05) is 17.6 Å². The molecule has 2 rings (SSSR count). The molecule has 1 unspecified atom stereocenters. The number of nitrogens with zero attached hydrogens (tertiary/aromatic N) is 1. The summed E-state index contributed by atoms with van der Waals surface area (Å²) in [5.41, 5.74) is 0. The Labute approximate surface area is 99.4 Å². The number of hydrogen-bond donors (Lipinski definition) is 1. The lowest BCUT2D eigenvalue weighted by molar-refractivity contribution is 0.576. The van der Waals surface area contributed by atoms with Gasteiger partial charge >= 0.3 is 0 Å². The maximum atomic E-state index is 11.8. The molecule has 0 radical (unpaired) electrons. The minimum atomic E-state index is -3.16. The molecule has 15 heavy (non-hydrogen) atoms. The number of rotatable bonds is 3. The topological polar surface area (TPSA) is 59.1 Å². The molecule has 1 saturated heterocycles. The quantitative estimate of drug-likeness (QED) is 0.892. The van der Waals surface area contributed by atoms with Crippen LogP contribution in [0.4, 0.5) is 0 Å². The average molecular weight is 269 g/mol. The first kappa shape index (κ1) is 12.9. The highest BCUT2D eigenvalue weighted by Crippen LogP contribution is 2.17. The molecule has 0 aromatic carbocycles. The van der Waals surface area contributed by atoms with Crippen molar-refractivity contribution >= 4 is 33.6 Å². The largest absolute Gasteiger partial charge is 0.313 e. The molecule has 0 bridgehead atoms. The molecule has 0 saturated carbocycles. The van der Waals surface area contributed by atoms with E-state index >= 15 is 0 Å². The number of thiazole rings is 1. The van der Waals surface area contributed by atoms with Gasteiger partial charge in [-0.2, -0.15) is 0 Å². The Bertz CT molecular complexity index is 385. The highest BCUT2D eigenvalue weighted by Gasteiger charge is 2.25. The van der Waals surface area contributed by atoms with Crippen molar-refractivity contribution in [2.24, 2.45) is 0 Å². The van der Waals surface area contributed by atoms with E-state index in [-0.39, 0.29) is 28.5 Å². The lowest BCUT2D eigenvalue weighted by Crippen LogP contribution is -2.29. The minimum Gasteiger partial charge on any atom is -0.313 e. The molecular formula is C8H13ClN2O2S2. The van der Waals surface area contributed by atoms with E-state index in [2.05, 4.69) is 10.3 Å². The Morgan fingerprint density at radius 3 is 2.93 bits per heavy atom. The van der Waals surface area contributed by atoms with Crippen molar-refractivity contribution in [1.29, 1.82) is 0 Å². The second-order valence-corrected chi connectivity index (χ2v) is 6.48. The van der Waals surface area contributed by atoms with Crippen LogP contribution in [0.5, 0.6) is 0 Å². The van der Waals surface area contributed by atoms with Crippen LogP contribution in [0.1, 0.15) is 12.8 Å². The van der Waals surface area contributed by atoms with Crippen LogP contribution in [-0.4, -0.2) is 31.7 Å². The molecule has 1 aliphatic rings. The molecule has 1 fully saturated rings. The zero-order chi connectivity index (χ0) is 10.0. The monoisotopic (exact) mass is 268 g/mol. The van der Waals surface area contributed by atoms with Gasteiger partial charge in [-0.1, -0.05) is 0 Å². The van der Waals surface area contributed by atoms with E-state index in [9.17, 15) is 8.42 Å². The lowest BCUT2D eigenvalue weighted by Gasteiger charge is -2.08. The van der Waals surface area contributed by atoms with Gasteiger partial charge in [0.1, 0.15) is 0 Å². The van der Waals surface area contributed by atoms with E-state index < -0.39 is 9.84 Å². The normalized spacial score (nSPS) is 21.2. The van der Waals surface area contributed by atoms with E-state index in [0.717, 1.165) is 19.4 Å². The predicted molar refractivity (Wildman–Crippen MR) is 62.4 cm³/mol. The van der Waals surface area contributed by atoms with E-state index in [1.165, 1.54) is 17.5 Å². The van der Waals surface area contributed by atoms with Crippen LogP contribution in [0.15, 0.2) is 15.9 Å². The fraction of sp³-hybridized carbons (Fsp3) is 0.625. The van der Waals surface area contributed by atoms with Crippen LogP contribution < -0.4 is 5.32 Å². The average Bonchev–Trinajstić information content (AvgIpc) is 2.71. The van der Waals surface area contributed by atoms with Crippen LogP contribution in [-0.2, 0) is 9.84 Å². The fourth-order valence-corrected chi connectivity index (χ4v) is 4.09. The van der Waals surface area contributed by atoms with Gasteiger partial charge < -0.3 is 5.32 Å². The summed E-state index contributed by atoms with van der Waals surface area (Å²) in [6, 6.07) is 0.115. The maximum absolute atomic E-state index is 11.8. The molecule has 0 aliphatic carbocycles. The van der Waals surface area contributed by atoms with Crippen LogP contribution in [0.3, 0.4) is 0 Å². The van der Waals surface area contributed by atoms with Crippen LogP contribution in [0.2, 0.25) is 0 Å². The van der Waals surface area contributed by atoms with Crippen LogP contribution >= 0.6 is 23.7 Å². The SMILES string of the molecule is Cl.O=S(=O)(CC1CCCN1)c1nccs1. The third kappa shape index (κ3) is 3.14. The highest BCUT2D eigenvalue weighted by molar-refractivity contribution is 7.93. The molecule has 1 N–H and O–H groups in total. The van der Waals surface area contributed by atoms with Crippen LogP contribution in [0, 0.1) is 0 Å². The van der Waals surface area contributed by atoms with Gasteiger partial charge in [0.05, 0.1) is 5.75 Å². The number of sulfone groups is 1. The van der Waals surface area contributed by atoms with Crippen molar-refractivity contribution in [3.8, 4) is 0 Å². The van der Waals surface area contributed by atoms with Crippen molar-refractivity contribution in [2.75, 3.05) is 12.3 Å². The summed E-state index contributed by atoms with van der Waals surface area (Å²) in [6.45, 7) is 0.929. The van der Waals surface area contributed by atoms with Crippen molar-refractivity contribution in [1.82, 2.24) is 10.3 Å². The highest BCUT2D eigenvalue weighted by atomic mass is 35.5. The van der Waals surface area contributed by atoms with E-state index in [4.69, 9.17) is 0 Å². The van der Waals surface area contributed by atoms with E-state index in [1.54, 1.807) is 5.38 Å². The molecule has 1 aliphatic heterocycles. The van der Waals surface area contributed by atoms with E-state index in [1.807, 2.05) is 0 Å². The first-order valence-electron chi connectivity index (χ1n) is 4.54. The molecule has 4 nitrogen and oxygen atoms in total. The molecule has 1 atom stereocenters. The first-order chi connectivity index (χ1) is 6.68. The molecule has 7 heteroatoms. The Morgan fingerprint density at radius 1 is 1.60 bits per heavy atom. The van der Waals surface area contributed by atoms with Crippen LogP contribution in [0.25, 0.3) is 0 Å². The molecule has 0 spiro atoms. The smallest absolute Gasteiger partial charge is 0.209 e. The Kier molecular flexibility index (Phi) is 4.51. The van der Waals surface area contributed by atoms with Gasteiger partial charge in [-0.3, -0.25) is 0 Å². The molecule has 1 aromatic heterocycles. The Balaban J connectivity index is 0.00000112. The molecule has 1 aromatic rings. The van der Waals surface area contributed by atoms with Crippen molar-refractivity contribution in [3.05, 3.63) is 11.6 Å². The summed E-state index contributed by atoms with van der Waals surface area (Å²) in [4.78, 5) is 3.83. The molecule has 0 amide bonds. The van der Waals surface area contributed by atoms with Gasteiger partial charge in [0.25, 0.3) is 0 Å². The number of aromatic nitrogens is 1. The second kappa shape index (κ2) is 5.25. The zero-order valence-electron chi connectivity index (χ0n) is 8.05. The maximum Gasteiger partial charge on any atom is 0.209 e. The van der Waals surface area contributed by atoms with Crippen molar-refractivity contribution in [3.63, 3.8) is 0 Å². The van der Waals surface area contributed by atoms with Gasteiger partial charge in [-0.05, 0) is 19.4 Å².